The number of rotatable bonds is 5. The Morgan fingerprint density at radius 3 is 2.95 bits per heavy atom. The number of furan rings is 1. The Bertz CT molecular complexity index is 728. The van der Waals surface area contributed by atoms with Gasteiger partial charge in [0.25, 0.3) is 0 Å². The van der Waals surface area contributed by atoms with Crippen molar-refractivity contribution in [3.8, 4) is 0 Å². The van der Waals surface area contributed by atoms with Gasteiger partial charge in [-0.1, -0.05) is 25.1 Å². The van der Waals surface area contributed by atoms with E-state index in [2.05, 4.69) is 16.4 Å². The van der Waals surface area contributed by atoms with Crippen LogP contribution in [0.4, 0.5) is 0 Å². The van der Waals surface area contributed by atoms with E-state index in [-0.39, 0.29) is 11.8 Å². The minimum atomic E-state index is -0.0841. The summed E-state index contributed by atoms with van der Waals surface area (Å²) in [5.74, 6) is 0.721. The molecule has 0 saturated carbocycles. The quantitative estimate of drug-likeness (QED) is 0.754. The van der Waals surface area contributed by atoms with Crippen LogP contribution in [0.2, 0.25) is 0 Å². The topological polar surface area (TPSA) is 58.0 Å². The van der Waals surface area contributed by atoms with E-state index in [4.69, 9.17) is 4.42 Å². The smallest absolute Gasteiger partial charge is 0.223 e. The van der Waals surface area contributed by atoms with E-state index >= 15 is 0 Å². The molecular weight excluding hydrogens is 264 g/mol. The molecule has 4 heteroatoms. The van der Waals surface area contributed by atoms with E-state index in [0.29, 0.717) is 13.0 Å². The van der Waals surface area contributed by atoms with Gasteiger partial charge in [0.15, 0.2) is 0 Å². The van der Waals surface area contributed by atoms with Crippen LogP contribution in [0, 0.1) is 5.92 Å². The predicted molar refractivity (Wildman–Crippen MR) is 81.7 cm³/mol. The zero-order valence-corrected chi connectivity index (χ0v) is 11.9. The third-order valence-electron chi connectivity index (χ3n) is 3.67. The van der Waals surface area contributed by atoms with Crippen LogP contribution in [0.1, 0.15) is 18.2 Å². The van der Waals surface area contributed by atoms with E-state index < -0.39 is 0 Å². The Hall–Kier alpha value is -2.49. The number of nitrogens with one attached hydrogen (secondary N) is 2. The number of H-pyrrole nitrogens is 1. The number of aromatic nitrogens is 1. The molecule has 21 heavy (non-hydrogen) atoms. The first-order valence-electron chi connectivity index (χ1n) is 7.09. The minimum Gasteiger partial charge on any atom is -0.467 e. The number of para-hydroxylation sites is 1. The van der Waals surface area contributed by atoms with E-state index in [0.717, 1.165) is 11.3 Å². The Morgan fingerprint density at radius 1 is 1.29 bits per heavy atom. The first-order chi connectivity index (χ1) is 10.2. The number of carbonyl (C=O) groups is 1. The highest BCUT2D eigenvalue weighted by atomic mass is 16.3. The molecule has 0 spiro atoms. The van der Waals surface area contributed by atoms with Crippen LogP contribution in [0.3, 0.4) is 0 Å². The molecule has 1 aromatic carbocycles. The maximum atomic E-state index is 12.1. The zero-order valence-electron chi connectivity index (χ0n) is 11.9. The minimum absolute atomic E-state index is 0.0386. The van der Waals surface area contributed by atoms with E-state index in [9.17, 15) is 4.79 Å². The first kappa shape index (κ1) is 13.5. The second-order valence-corrected chi connectivity index (χ2v) is 5.26. The third-order valence-corrected chi connectivity index (χ3v) is 3.67. The summed E-state index contributed by atoms with van der Waals surface area (Å²) in [6, 6.07) is 11.8. The van der Waals surface area contributed by atoms with Crippen LogP contribution < -0.4 is 5.32 Å². The Labute approximate surface area is 123 Å². The van der Waals surface area contributed by atoms with Crippen molar-refractivity contribution >= 4 is 16.8 Å². The van der Waals surface area contributed by atoms with Crippen LogP contribution in [-0.2, 0) is 17.8 Å². The summed E-state index contributed by atoms with van der Waals surface area (Å²) in [5, 5.41) is 4.09. The Kier molecular flexibility index (Phi) is 3.77. The van der Waals surface area contributed by atoms with E-state index in [1.807, 2.05) is 43.5 Å². The molecule has 1 amide bonds. The highest BCUT2D eigenvalue weighted by molar-refractivity contribution is 5.84. The molecule has 0 saturated heterocycles. The molecule has 4 nitrogen and oxygen atoms in total. The summed E-state index contributed by atoms with van der Waals surface area (Å²) in [4.78, 5) is 15.4. The van der Waals surface area contributed by atoms with E-state index in [1.54, 1.807) is 6.26 Å². The molecule has 2 N–H and O–H groups in total. The van der Waals surface area contributed by atoms with Crippen LogP contribution in [-0.4, -0.2) is 10.9 Å². The normalized spacial score (nSPS) is 12.4. The fourth-order valence-corrected chi connectivity index (χ4v) is 2.48. The van der Waals surface area contributed by atoms with Crippen LogP contribution in [0.15, 0.2) is 53.3 Å². The third kappa shape index (κ3) is 2.99. The molecule has 0 radical (unpaired) electrons. The van der Waals surface area contributed by atoms with Gasteiger partial charge in [-0.15, -0.1) is 0 Å². The van der Waals surface area contributed by atoms with Crippen molar-refractivity contribution in [2.45, 2.75) is 19.9 Å². The predicted octanol–water partition coefficient (Wildman–Crippen LogP) is 3.26. The van der Waals surface area contributed by atoms with Gasteiger partial charge in [0.2, 0.25) is 5.91 Å². The molecule has 0 aliphatic rings. The molecule has 3 rings (SSSR count). The van der Waals surface area contributed by atoms with Gasteiger partial charge in [0.1, 0.15) is 5.76 Å². The number of aromatic amines is 1. The van der Waals surface area contributed by atoms with Gasteiger partial charge in [-0.25, -0.2) is 0 Å². The largest absolute Gasteiger partial charge is 0.467 e. The van der Waals surface area contributed by atoms with Crippen molar-refractivity contribution in [2.24, 2.45) is 5.92 Å². The molecular formula is C17H18N2O2. The molecule has 0 aliphatic carbocycles. The lowest BCUT2D eigenvalue weighted by Gasteiger charge is -2.11. The molecule has 2 aromatic heterocycles. The molecule has 108 valence electrons. The Morgan fingerprint density at radius 2 is 2.14 bits per heavy atom. The summed E-state index contributed by atoms with van der Waals surface area (Å²) >= 11 is 0. The first-order valence-corrected chi connectivity index (χ1v) is 7.09. The van der Waals surface area contributed by atoms with Crippen molar-refractivity contribution in [1.82, 2.24) is 10.3 Å². The number of carbonyl (C=O) groups excluding carboxylic acids is 1. The van der Waals surface area contributed by atoms with Crippen molar-refractivity contribution in [2.75, 3.05) is 0 Å². The van der Waals surface area contributed by atoms with Gasteiger partial charge >= 0.3 is 0 Å². The lowest BCUT2D eigenvalue weighted by molar-refractivity contribution is -0.124. The van der Waals surface area contributed by atoms with Gasteiger partial charge in [-0.3, -0.25) is 4.79 Å². The van der Waals surface area contributed by atoms with Crippen LogP contribution in [0.5, 0.6) is 0 Å². The molecule has 0 aliphatic heterocycles. The fourth-order valence-electron chi connectivity index (χ4n) is 2.48. The monoisotopic (exact) mass is 282 g/mol. The second-order valence-electron chi connectivity index (χ2n) is 5.26. The van der Waals surface area contributed by atoms with Crippen molar-refractivity contribution in [3.05, 3.63) is 60.2 Å². The summed E-state index contributed by atoms with van der Waals surface area (Å²) in [7, 11) is 0. The lowest BCUT2D eigenvalue weighted by Crippen LogP contribution is -2.29. The zero-order chi connectivity index (χ0) is 14.7. The van der Waals surface area contributed by atoms with Gasteiger partial charge in [0, 0.05) is 23.0 Å². The maximum Gasteiger partial charge on any atom is 0.223 e. The number of fused-ring (bicyclic) bond motifs is 1. The molecule has 3 aromatic rings. The summed E-state index contributed by atoms with van der Waals surface area (Å²) < 4.78 is 5.21. The highest BCUT2D eigenvalue weighted by Crippen LogP contribution is 2.20. The van der Waals surface area contributed by atoms with Crippen molar-refractivity contribution in [1.29, 1.82) is 0 Å². The number of hydrogen-bond donors (Lipinski definition) is 2. The van der Waals surface area contributed by atoms with Crippen LogP contribution >= 0.6 is 0 Å². The fraction of sp³-hybridized carbons (Fsp3) is 0.235. The summed E-state index contributed by atoms with van der Waals surface area (Å²) in [6.07, 6.45) is 4.31. The van der Waals surface area contributed by atoms with Gasteiger partial charge < -0.3 is 14.7 Å². The van der Waals surface area contributed by atoms with Gasteiger partial charge in [-0.05, 0) is 30.2 Å². The average Bonchev–Trinajstić information content (AvgIpc) is 3.15. The molecule has 2 heterocycles. The lowest BCUT2D eigenvalue weighted by atomic mass is 10.00. The van der Waals surface area contributed by atoms with Gasteiger partial charge in [-0.2, -0.15) is 0 Å². The van der Waals surface area contributed by atoms with Crippen LogP contribution in [0.25, 0.3) is 10.9 Å². The second kappa shape index (κ2) is 5.87. The SMILES string of the molecule is C[C@H](Cc1c[nH]c2ccccc12)C(=O)NCc1ccco1. The standard InChI is InChI=1S/C17H18N2O2/c1-12(17(20)19-11-14-5-4-8-21-14)9-13-10-18-16-7-3-2-6-15(13)16/h2-8,10,12,18H,9,11H2,1H3,(H,19,20)/t12-/m1/s1. The summed E-state index contributed by atoms with van der Waals surface area (Å²) in [6.45, 7) is 2.38. The van der Waals surface area contributed by atoms with Gasteiger partial charge in [0.05, 0.1) is 12.8 Å². The number of benzene rings is 1. The van der Waals surface area contributed by atoms with E-state index in [1.165, 1.54) is 10.9 Å². The number of hydrogen-bond acceptors (Lipinski definition) is 2. The average molecular weight is 282 g/mol. The number of amides is 1. The molecule has 1 atom stereocenters. The molecule has 0 bridgehead atoms. The summed E-state index contributed by atoms with van der Waals surface area (Å²) in [5.41, 5.74) is 2.28. The van der Waals surface area contributed by atoms with Crippen molar-refractivity contribution < 1.29 is 9.21 Å². The maximum absolute atomic E-state index is 12.1. The van der Waals surface area contributed by atoms with Crippen molar-refractivity contribution in [3.63, 3.8) is 0 Å². The highest BCUT2D eigenvalue weighted by Gasteiger charge is 2.15. The molecule has 0 unspecified atom stereocenters. The Balaban J connectivity index is 1.62. The molecule has 0 fully saturated rings.